The molecule has 1 unspecified atom stereocenters. The molecule has 1 aromatic rings. The third-order valence-electron chi connectivity index (χ3n) is 2.29. The van der Waals surface area contributed by atoms with Crippen LogP contribution in [0.3, 0.4) is 0 Å². The highest BCUT2D eigenvalue weighted by molar-refractivity contribution is 5.46. The van der Waals surface area contributed by atoms with Crippen molar-refractivity contribution in [3.63, 3.8) is 0 Å². The molecular formula is C10H13N2. The molecule has 2 N–H and O–H groups in total. The molecular weight excluding hydrogens is 148 g/mol. The zero-order valence-electron chi connectivity index (χ0n) is 7.03. The lowest BCUT2D eigenvalue weighted by Crippen LogP contribution is -2.26. The number of rotatable bonds is 1. The van der Waals surface area contributed by atoms with Crippen molar-refractivity contribution in [2.45, 2.75) is 12.5 Å². The summed E-state index contributed by atoms with van der Waals surface area (Å²) in [5.74, 6) is 0. The van der Waals surface area contributed by atoms with Gasteiger partial charge in [0.1, 0.15) is 0 Å². The summed E-state index contributed by atoms with van der Waals surface area (Å²) < 4.78 is 0. The van der Waals surface area contributed by atoms with Crippen molar-refractivity contribution in [1.29, 1.82) is 0 Å². The monoisotopic (exact) mass is 161 g/mol. The molecule has 1 aliphatic rings. The van der Waals surface area contributed by atoms with E-state index in [0.29, 0.717) is 6.04 Å². The molecule has 2 rings (SSSR count). The number of nitrogens with two attached hydrogens (primary N) is 1. The van der Waals surface area contributed by atoms with Crippen molar-refractivity contribution >= 4 is 5.69 Å². The van der Waals surface area contributed by atoms with Crippen molar-refractivity contribution in [3.05, 3.63) is 30.3 Å². The van der Waals surface area contributed by atoms with E-state index in [0.717, 1.165) is 19.5 Å². The zero-order valence-corrected chi connectivity index (χ0v) is 7.03. The summed E-state index contributed by atoms with van der Waals surface area (Å²) in [7, 11) is 0. The van der Waals surface area contributed by atoms with Gasteiger partial charge in [-0.15, -0.1) is 0 Å². The maximum absolute atomic E-state index is 5.81. The van der Waals surface area contributed by atoms with Crippen molar-refractivity contribution in [2.75, 3.05) is 18.0 Å². The van der Waals surface area contributed by atoms with E-state index in [1.165, 1.54) is 5.69 Å². The lowest BCUT2D eigenvalue weighted by atomic mass is 10.3. The van der Waals surface area contributed by atoms with Gasteiger partial charge in [-0.3, -0.25) is 0 Å². The fourth-order valence-corrected chi connectivity index (χ4v) is 1.61. The van der Waals surface area contributed by atoms with Crippen LogP contribution in [0, 0.1) is 6.07 Å². The molecule has 0 aliphatic carbocycles. The quantitative estimate of drug-likeness (QED) is 0.666. The molecule has 1 aliphatic heterocycles. The van der Waals surface area contributed by atoms with Crippen molar-refractivity contribution in [2.24, 2.45) is 5.73 Å². The number of hydrogen-bond acceptors (Lipinski definition) is 2. The molecule has 12 heavy (non-hydrogen) atoms. The number of anilines is 1. The summed E-state index contributed by atoms with van der Waals surface area (Å²) in [5.41, 5.74) is 7.08. The van der Waals surface area contributed by atoms with Crippen LogP contribution in [0.15, 0.2) is 24.3 Å². The molecule has 0 amide bonds. The van der Waals surface area contributed by atoms with Gasteiger partial charge in [-0.2, -0.15) is 0 Å². The van der Waals surface area contributed by atoms with Crippen molar-refractivity contribution in [3.8, 4) is 0 Å². The Labute approximate surface area is 73.0 Å². The SMILES string of the molecule is NC1CCN(c2cc[c]cc2)C1. The molecule has 1 heterocycles. The topological polar surface area (TPSA) is 29.3 Å². The Bertz CT molecular complexity index is 245. The Morgan fingerprint density at radius 2 is 2.17 bits per heavy atom. The predicted molar refractivity (Wildman–Crippen MR) is 50.1 cm³/mol. The van der Waals surface area contributed by atoms with Crippen molar-refractivity contribution in [1.82, 2.24) is 0 Å². The van der Waals surface area contributed by atoms with Gasteiger partial charge in [0.2, 0.25) is 0 Å². The van der Waals surface area contributed by atoms with Crippen molar-refractivity contribution < 1.29 is 0 Å². The van der Waals surface area contributed by atoms with Gasteiger partial charge in [0.25, 0.3) is 0 Å². The van der Waals surface area contributed by atoms with E-state index < -0.39 is 0 Å². The van der Waals surface area contributed by atoms with E-state index in [-0.39, 0.29) is 0 Å². The number of nitrogens with zero attached hydrogens (tertiary/aromatic N) is 1. The van der Waals surface area contributed by atoms with E-state index in [1.54, 1.807) is 0 Å². The van der Waals surface area contributed by atoms with Gasteiger partial charge in [-0.25, -0.2) is 0 Å². The Morgan fingerprint density at radius 1 is 1.42 bits per heavy atom. The Hall–Kier alpha value is -1.02. The molecule has 2 heteroatoms. The van der Waals surface area contributed by atoms with Crippen LogP contribution in [0.4, 0.5) is 5.69 Å². The summed E-state index contributed by atoms with van der Waals surface area (Å²) in [6.45, 7) is 2.08. The first-order chi connectivity index (χ1) is 5.86. The minimum atomic E-state index is 0.356. The molecule has 1 aromatic carbocycles. The molecule has 1 atom stereocenters. The van der Waals surface area contributed by atoms with Crippen LogP contribution >= 0.6 is 0 Å². The van der Waals surface area contributed by atoms with E-state index in [2.05, 4.69) is 23.1 Å². The largest absolute Gasteiger partial charge is 0.370 e. The molecule has 1 radical (unpaired) electrons. The van der Waals surface area contributed by atoms with Gasteiger partial charge in [-0.05, 0) is 24.6 Å². The second-order valence-electron chi connectivity index (χ2n) is 3.25. The van der Waals surface area contributed by atoms with Gasteiger partial charge >= 0.3 is 0 Å². The Kier molecular flexibility index (Phi) is 2.00. The van der Waals surface area contributed by atoms with Crippen LogP contribution in [0.5, 0.6) is 0 Å². The highest BCUT2D eigenvalue weighted by atomic mass is 15.2. The average Bonchev–Trinajstić information content (AvgIpc) is 2.54. The lowest BCUT2D eigenvalue weighted by Gasteiger charge is -2.17. The summed E-state index contributed by atoms with van der Waals surface area (Å²) in [4.78, 5) is 2.32. The Balaban J connectivity index is 2.11. The minimum absolute atomic E-state index is 0.356. The average molecular weight is 161 g/mol. The van der Waals surface area contributed by atoms with Crippen LogP contribution in [-0.4, -0.2) is 19.1 Å². The van der Waals surface area contributed by atoms with Gasteiger partial charge in [0, 0.05) is 24.8 Å². The number of hydrogen-bond donors (Lipinski definition) is 1. The normalized spacial score (nSPS) is 23.1. The van der Waals surface area contributed by atoms with E-state index in [1.807, 2.05) is 12.1 Å². The second kappa shape index (κ2) is 3.15. The summed E-state index contributed by atoms with van der Waals surface area (Å²) in [6, 6.07) is 11.4. The second-order valence-corrected chi connectivity index (χ2v) is 3.25. The lowest BCUT2D eigenvalue weighted by molar-refractivity contribution is 0.752. The minimum Gasteiger partial charge on any atom is -0.370 e. The highest BCUT2D eigenvalue weighted by Crippen LogP contribution is 2.18. The first kappa shape index (κ1) is 7.62. The maximum Gasteiger partial charge on any atom is 0.0367 e. The van der Waals surface area contributed by atoms with Gasteiger partial charge in [0.05, 0.1) is 0 Å². The first-order valence-electron chi connectivity index (χ1n) is 4.33. The highest BCUT2D eigenvalue weighted by Gasteiger charge is 2.18. The summed E-state index contributed by atoms with van der Waals surface area (Å²) in [5, 5.41) is 0. The fraction of sp³-hybridized carbons (Fsp3) is 0.400. The third-order valence-corrected chi connectivity index (χ3v) is 2.29. The standard InChI is InChI=1S/C10H13N2/c11-9-6-7-12(8-9)10-4-2-1-3-5-10/h2-5,9H,6-8,11H2. The Morgan fingerprint density at radius 3 is 2.75 bits per heavy atom. The molecule has 2 nitrogen and oxygen atoms in total. The first-order valence-corrected chi connectivity index (χ1v) is 4.33. The molecule has 0 bridgehead atoms. The van der Waals surface area contributed by atoms with Gasteiger partial charge in [-0.1, -0.05) is 12.1 Å². The third kappa shape index (κ3) is 1.43. The summed E-state index contributed by atoms with van der Waals surface area (Å²) in [6.07, 6.45) is 1.11. The van der Waals surface area contributed by atoms with Crippen LogP contribution < -0.4 is 10.6 Å². The molecule has 0 aromatic heterocycles. The molecule has 0 saturated carbocycles. The molecule has 1 saturated heterocycles. The molecule has 1 fully saturated rings. The van der Waals surface area contributed by atoms with Crippen LogP contribution in [0.2, 0.25) is 0 Å². The van der Waals surface area contributed by atoms with Gasteiger partial charge < -0.3 is 10.6 Å². The van der Waals surface area contributed by atoms with E-state index in [4.69, 9.17) is 5.73 Å². The predicted octanol–water partition coefficient (Wildman–Crippen LogP) is 1.02. The maximum atomic E-state index is 5.81. The van der Waals surface area contributed by atoms with E-state index in [9.17, 15) is 0 Å². The van der Waals surface area contributed by atoms with Crippen LogP contribution in [0.1, 0.15) is 6.42 Å². The fourth-order valence-electron chi connectivity index (χ4n) is 1.61. The number of benzene rings is 1. The summed E-state index contributed by atoms with van der Waals surface area (Å²) >= 11 is 0. The zero-order chi connectivity index (χ0) is 8.39. The molecule has 63 valence electrons. The smallest absolute Gasteiger partial charge is 0.0367 e. The van der Waals surface area contributed by atoms with Crippen LogP contribution in [0.25, 0.3) is 0 Å². The van der Waals surface area contributed by atoms with Gasteiger partial charge in [0.15, 0.2) is 0 Å². The molecule has 0 spiro atoms. The van der Waals surface area contributed by atoms with Crippen LogP contribution in [-0.2, 0) is 0 Å². The van der Waals surface area contributed by atoms with E-state index >= 15 is 0 Å².